The van der Waals surface area contributed by atoms with Crippen LogP contribution in [0.3, 0.4) is 0 Å². The number of carbonyl (C=O) groups excluding carboxylic acids is 1. The van der Waals surface area contributed by atoms with E-state index in [-0.39, 0.29) is 12.3 Å². The van der Waals surface area contributed by atoms with Crippen molar-refractivity contribution in [1.29, 1.82) is 0 Å². The Labute approximate surface area is 150 Å². The molecule has 0 aliphatic rings. The van der Waals surface area contributed by atoms with Crippen LogP contribution < -0.4 is 20.1 Å². The Hall–Kier alpha value is -2.90. The topological polar surface area (TPSA) is 72.5 Å². The van der Waals surface area contributed by atoms with Crippen LogP contribution in [0.1, 0.15) is 30.5 Å². The molecule has 140 valence electrons. The van der Waals surface area contributed by atoms with Crippen molar-refractivity contribution in [3.63, 3.8) is 0 Å². The molecule has 0 aliphatic carbocycles. The summed E-state index contributed by atoms with van der Waals surface area (Å²) in [6.45, 7) is -0.809. The van der Waals surface area contributed by atoms with Gasteiger partial charge in [-0.3, -0.25) is 0 Å². The summed E-state index contributed by atoms with van der Waals surface area (Å²) in [5.74, 6) is 0.536. The number of methoxy groups -OCH3 is 1. The van der Waals surface area contributed by atoms with Crippen molar-refractivity contribution in [2.75, 3.05) is 7.11 Å². The molecule has 0 saturated carbocycles. The second-order valence-electron chi connectivity index (χ2n) is 5.41. The van der Waals surface area contributed by atoms with E-state index >= 15 is 0 Å². The van der Waals surface area contributed by atoms with Crippen molar-refractivity contribution in [2.24, 2.45) is 0 Å². The minimum absolute atomic E-state index is 0.0500. The maximum absolute atomic E-state index is 12.6. The van der Waals surface area contributed by atoms with E-state index < -0.39 is 18.7 Å². The van der Waals surface area contributed by atoms with Gasteiger partial charge >= 0.3 is 12.6 Å². The van der Waals surface area contributed by atoms with Gasteiger partial charge in [-0.1, -0.05) is 31.2 Å². The number of nitrogens with zero attached hydrogens (tertiary/aromatic N) is 1. The highest BCUT2D eigenvalue weighted by molar-refractivity contribution is 5.74. The summed E-state index contributed by atoms with van der Waals surface area (Å²) in [7, 11) is 1.52. The van der Waals surface area contributed by atoms with Crippen molar-refractivity contribution in [3.8, 4) is 11.6 Å². The fraction of sp³-hybridized carbons (Fsp3) is 0.333. The van der Waals surface area contributed by atoms with Gasteiger partial charge in [-0.05, 0) is 18.1 Å². The third kappa shape index (κ3) is 5.58. The monoisotopic (exact) mass is 365 g/mol. The number of urea groups is 1. The minimum Gasteiger partial charge on any atom is -0.481 e. The molecule has 6 nitrogen and oxygen atoms in total. The lowest BCUT2D eigenvalue weighted by atomic mass is 10.0. The summed E-state index contributed by atoms with van der Waals surface area (Å²) in [6.07, 6.45) is 2.11. The van der Waals surface area contributed by atoms with Gasteiger partial charge in [-0.2, -0.15) is 8.78 Å². The molecular weight excluding hydrogens is 344 g/mol. The second-order valence-corrected chi connectivity index (χ2v) is 5.41. The lowest BCUT2D eigenvalue weighted by Gasteiger charge is -2.20. The predicted molar refractivity (Wildman–Crippen MR) is 92.3 cm³/mol. The van der Waals surface area contributed by atoms with Gasteiger partial charge in [0.1, 0.15) is 5.75 Å². The largest absolute Gasteiger partial charge is 0.481 e. The fourth-order valence-corrected chi connectivity index (χ4v) is 2.40. The number of carbonyl (C=O) groups is 1. The van der Waals surface area contributed by atoms with E-state index in [2.05, 4.69) is 20.4 Å². The number of ether oxygens (including phenoxy) is 2. The third-order valence-electron chi connectivity index (χ3n) is 3.68. The van der Waals surface area contributed by atoms with Gasteiger partial charge < -0.3 is 20.1 Å². The molecule has 26 heavy (non-hydrogen) atoms. The molecule has 0 fully saturated rings. The molecule has 1 aromatic heterocycles. The summed E-state index contributed by atoms with van der Waals surface area (Å²) < 4.78 is 34.6. The van der Waals surface area contributed by atoms with Crippen molar-refractivity contribution in [1.82, 2.24) is 15.6 Å². The Balaban J connectivity index is 1.97. The number of halogens is 2. The molecular formula is C18H21F2N3O3. The van der Waals surface area contributed by atoms with Crippen LogP contribution in [0.4, 0.5) is 13.6 Å². The number of aromatic nitrogens is 1. The minimum atomic E-state index is -2.93. The van der Waals surface area contributed by atoms with Crippen LogP contribution in [0.2, 0.25) is 0 Å². The first-order chi connectivity index (χ1) is 12.5. The van der Waals surface area contributed by atoms with Gasteiger partial charge in [-0.25, -0.2) is 9.78 Å². The molecule has 2 amide bonds. The fourth-order valence-electron chi connectivity index (χ4n) is 2.40. The number of alkyl halides is 2. The number of nitrogens with one attached hydrogen (secondary N) is 2. The number of amides is 2. The average Bonchev–Trinajstić information content (AvgIpc) is 2.65. The van der Waals surface area contributed by atoms with Crippen LogP contribution in [0.5, 0.6) is 11.6 Å². The Bertz CT molecular complexity index is 711. The van der Waals surface area contributed by atoms with Crippen molar-refractivity contribution < 1.29 is 23.0 Å². The first-order valence-electron chi connectivity index (χ1n) is 8.10. The zero-order valence-electron chi connectivity index (χ0n) is 14.5. The van der Waals surface area contributed by atoms with Crippen LogP contribution in [0.25, 0.3) is 0 Å². The summed E-state index contributed by atoms with van der Waals surface area (Å²) >= 11 is 0. The molecule has 0 spiro atoms. The molecule has 0 radical (unpaired) electrons. The summed E-state index contributed by atoms with van der Waals surface area (Å²) in [5.41, 5.74) is 1.30. The van der Waals surface area contributed by atoms with Gasteiger partial charge in [-0.15, -0.1) is 0 Å². The van der Waals surface area contributed by atoms with E-state index in [0.717, 1.165) is 5.56 Å². The number of hydrogen-bond donors (Lipinski definition) is 2. The zero-order chi connectivity index (χ0) is 18.9. The number of benzene rings is 1. The van der Waals surface area contributed by atoms with Crippen LogP contribution in [0.15, 0.2) is 42.6 Å². The normalized spacial score (nSPS) is 11.7. The summed E-state index contributed by atoms with van der Waals surface area (Å²) in [6, 6.07) is 9.02. The van der Waals surface area contributed by atoms with Crippen molar-refractivity contribution in [2.45, 2.75) is 32.5 Å². The Morgan fingerprint density at radius 3 is 2.62 bits per heavy atom. The zero-order valence-corrected chi connectivity index (χ0v) is 14.5. The Morgan fingerprint density at radius 1 is 1.23 bits per heavy atom. The van der Waals surface area contributed by atoms with Crippen molar-refractivity contribution in [3.05, 3.63) is 53.7 Å². The molecule has 2 aromatic rings. The summed E-state index contributed by atoms with van der Waals surface area (Å²) in [5, 5.41) is 5.48. The highest BCUT2D eigenvalue weighted by Crippen LogP contribution is 2.28. The highest BCUT2D eigenvalue weighted by Gasteiger charge is 2.18. The SMILES string of the molecule is CCC(NC(=O)NCc1ccc(OC)nc1)c1ccccc1OC(F)F. The lowest BCUT2D eigenvalue weighted by molar-refractivity contribution is -0.0506. The van der Waals surface area contributed by atoms with Gasteiger partial charge in [0.15, 0.2) is 0 Å². The van der Waals surface area contributed by atoms with Gasteiger partial charge in [0.25, 0.3) is 0 Å². The number of pyridine rings is 1. The maximum Gasteiger partial charge on any atom is 0.387 e. The molecule has 2 rings (SSSR count). The van der Waals surface area contributed by atoms with E-state index in [1.807, 2.05) is 6.92 Å². The predicted octanol–water partition coefficient (Wildman–Crippen LogP) is 3.64. The van der Waals surface area contributed by atoms with Crippen LogP contribution in [-0.4, -0.2) is 24.7 Å². The average molecular weight is 365 g/mol. The maximum atomic E-state index is 12.6. The Kier molecular flexibility index (Phi) is 7.13. The van der Waals surface area contributed by atoms with Gasteiger partial charge in [0.2, 0.25) is 5.88 Å². The first kappa shape index (κ1) is 19.4. The molecule has 2 N–H and O–H groups in total. The van der Waals surface area contributed by atoms with E-state index in [1.54, 1.807) is 36.5 Å². The van der Waals surface area contributed by atoms with E-state index in [1.165, 1.54) is 13.2 Å². The summed E-state index contributed by atoms with van der Waals surface area (Å²) in [4.78, 5) is 16.2. The van der Waals surface area contributed by atoms with E-state index in [0.29, 0.717) is 17.9 Å². The number of rotatable bonds is 8. The smallest absolute Gasteiger partial charge is 0.387 e. The molecule has 0 saturated heterocycles. The molecule has 0 aliphatic heterocycles. The van der Waals surface area contributed by atoms with Crippen molar-refractivity contribution >= 4 is 6.03 Å². The van der Waals surface area contributed by atoms with Crippen LogP contribution in [0, 0.1) is 0 Å². The highest BCUT2D eigenvalue weighted by atomic mass is 19.3. The Morgan fingerprint density at radius 2 is 2.00 bits per heavy atom. The molecule has 1 heterocycles. The molecule has 1 unspecified atom stereocenters. The van der Waals surface area contributed by atoms with Crippen LogP contribution >= 0.6 is 0 Å². The van der Waals surface area contributed by atoms with Gasteiger partial charge in [0.05, 0.1) is 13.2 Å². The number of para-hydroxylation sites is 1. The first-order valence-corrected chi connectivity index (χ1v) is 8.10. The molecule has 1 atom stereocenters. The van der Waals surface area contributed by atoms with E-state index in [9.17, 15) is 13.6 Å². The quantitative estimate of drug-likeness (QED) is 0.749. The third-order valence-corrected chi connectivity index (χ3v) is 3.68. The number of hydrogen-bond acceptors (Lipinski definition) is 4. The van der Waals surface area contributed by atoms with Gasteiger partial charge in [0, 0.05) is 24.4 Å². The standard InChI is InChI=1S/C18H21F2N3O3/c1-3-14(13-6-4-5-7-15(13)26-17(19)20)23-18(24)22-11-12-8-9-16(25-2)21-10-12/h4-10,14,17H,3,11H2,1-2H3,(H2,22,23,24). The lowest BCUT2D eigenvalue weighted by Crippen LogP contribution is -2.37. The van der Waals surface area contributed by atoms with Crippen LogP contribution in [-0.2, 0) is 6.54 Å². The molecule has 0 bridgehead atoms. The molecule has 8 heteroatoms. The second kappa shape index (κ2) is 9.55. The van der Waals surface area contributed by atoms with E-state index in [4.69, 9.17) is 4.74 Å². The molecule has 1 aromatic carbocycles.